The lowest BCUT2D eigenvalue weighted by molar-refractivity contribution is -0.0370. The lowest BCUT2D eigenvalue weighted by Crippen LogP contribution is -2.48. The molecule has 0 saturated carbocycles. The largest absolute Gasteiger partial charge is 0.374 e. The molecule has 2 aliphatic heterocycles. The molecular weight excluding hydrogens is 312 g/mol. The average Bonchev–Trinajstić information content (AvgIpc) is 3.15. The van der Waals surface area contributed by atoms with E-state index in [1.807, 2.05) is 24.4 Å². The van der Waals surface area contributed by atoms with E-state index in [2.05, 4.69) is 33.1 Å². The van der Waals surface area contributed by atoms with Crippen molar-refractivity contribution < 1.29 is 4.74 Å². The number of benzene rings is 1. The van der Waals surface area contributed by atoms with Gasteiger partial charge in [0.2, 0.25) is 0 Å². The van der Waals surface area contributed by atoms with Crippen LogP contribution in [-0.2, 0) is 11.3 Å². The standard InChI is InChI=1S/C17H21ClN4O/c1-21-5-6-23-16-11-22(10-15(16)21)9-13-8-19-20-17(13)12-3-2-4-14(18)7-12/h2-4,7-8,15-16H,5-6,9-11H2,1H3,(H,19,20)/t15-,16-/m0/s1. The quantitative estimate of drug-likeness (QED) is 0.936. The summed E-state index contributed by atoms with van der Waals surface area (Å²) in [4.78, 5) is 4.87. The maximum atomic E-state index is 6.12. The molecule has 3 heterocycles. The Bertz CT molecular complexity index is 689. The molecular formula is C17H21ClN4O. The minimum absolute atomic E-state index is 0.329. The monoisotopic (exact) mass is 332 g/mol. The second-order valence-corrected chi connectivity index (χ2v) is 6.87. The van der Waals surface area contributed by atoms with Gasteiger partial charge in [0.25, 0.3) is 0 Å². The first-order valence-electron chi connectivity index (χ1n) is 8.03. The predicted octanol–water partition coefficient (Wildman–Crippen LogP) is 2.24. The summed E-state index contributed by atoms with van der Waals surface area (Å²) in [6.45, 7) is 4.76. The molecule has 5 nitrogen and oxygen atoms in total. The Morgan fingerprint density at radius 1 is 1.39 bits per heavy atom. The van der Waals surface area contributed by atoms with E-state index in [1.54, 1.807) is 0 Å². The first-order chi connectivity index (χ1) is 11.2. The molecule has 6 heteroatoms. The molecule has 2 atom stereocenters. The van der Waals surface area contributed by atoms with E-state index >= 15 is 0 Å². The topological polar surface area (TPSA) is 44.4 Å². The molecule has 122 valence electrons. The van der Waals surface area contributed by atoms with Gasteiger partial charge in [-0.2, -0.15) is 5.10 Å². The fraction of sp³-hybridized carbons (Fsp3) is 0.471. The number of nitrogens with one attached hydrogen (secondary N) is 1. The van der Waals surface area contributed by atoms with Crippen LogP contribution in [0, 0.1) is 0 Å². The summed E-state index contributed by atoms with van der Waals surface area (Å²) in [5, 5.41) is 8.10. The number of morpholine rings is 1. The SMILES string of the molecule is CN1CCO[C@H]2CN(Cc3cn[nH]c3-c3cccc(Cl)c3)C[C@@H]21. The maximum Gasteiger partial charge on any atom is 0.0869 e. The van der Waals surface area contributed by atoms with Gasteiger partial charge in [-0.1, -0.05) is 23.7 Å². The van der Waals surface area contributed by atoms with E-state index in [0.717, 1.165) is 49.1 Å². The zero-order valence-corrected chi connectivity index (χ0v) is 14.0. The van der Waals surface area contributed by atoms with Gasteiger partial charge in [0, 0.05) is 48.4 Å². The number of fused-ring (bicyclic) bond motifs is 1. The maximum absolute atomic E-state index is 6.12. The van der Waals surface area contributed by atoms with Crippen molar-refractivity contribution in [1.29, 1.82) is 0 Å². The van der Waals surface area contributed by atoms with Gasteiger partial charge in [-0.3, -0.25) is 14.9 Å². The molecule has 2 aliphatic rings. The molecule has 4 rings (SSSR count). The van der Waals surface area contributed by atoms with E-state index in [1.165, 1.54) is 5.56 Å². The van der Waals surface area contributed by atoms with Crippen LogP contribution in [0.4, 0.5) is 0 Å². The Labute approximate surface area is 141 Å². The molecule has 2 aromatic rings. The van der Waals surface area contributed by atoms with Crippen LogP contribution in [0.5, 0.6) is 0 Å². The number of H-pyrrole nitrogens is 1. The third-order valence-electron chi connectivity index (χ3n) is 4.88. The number of rotatable bonds is 3. The molecule has 0 aliphatic carbocycles. The van der Waals surface area contributed by atoms with Crippen molar-refractivity contribution in [2.45, 2.75) is 18.7 Å². The highest BCUT2D eigenvalue weighted by molar-refractivity contribution is 6.30. The first-order valence-corrected chi connectivity index (χ1v) is 8.41. The van der Waals surface area contributed by atoms with Gasteiger partial charge in [0.05, 0.1) is 24.6 Å². The number of likely N-dealkylation sites (N-methyl/N-ethyl adjacent to an activating group) is 1. The number of likely N-dealkylation sites (tertiary alicyclic amines) is 1. The molecule has 0 radical (unpaired) electrons. The average molecular weight is 333 g/mol. The van der Waals surface area contributed by atoms with Crippen LogP contribution in [-0.4, -0.2) is 65.4 Å². The van der Waals surface area contributed by atoms with Gasteiger partial charge >= 0.3 is 0 Å². The van der Waals surface area contributed by atoms with Gasteiger partial charge in [-0.15, -0.1) is 0 Å². The molecule has 1 aromatic heterocycles. The molecule has 2 fully saturated rings. The Hall–Kier alpha value is -1.40. The number of halogens is 1. The van der Waals surface area contributed by atoms with Crippen molar-refractivity contribution in [3.8, 4) is 11.3 Å². The van der Waals surface area contributed by atoms with Crippen LogP contribution in [0.3, 0.4) is 0 Å². The van der Waals surface area contributed by atoms with Crippen LogP contribution in [0.15, 0.2) is 30.5 Å². The smallest absolute Gasteiger partial charge is 0.0869 e. The Morgan fingerprint density at radius 3 is 3.13 bits per heavy atom. The minimum Gasteiger partial charge on any atom is -0.374 e. The predicted molar refractivity (Wildman–Crippen MR) is 90.5 cm³/mol. The fourth-order valence-electron chi connectivity index (χ4n) is 3.63. The van der Waals surface area contributed by atoms with E-state index in [4.69, 9.17) is 16.3 Å². The zero-order chi connectivity index (χ0) is 15.8. The van der Waals surface area contributed by atoms with Crippen molar-refractivity contribution in [3.63, 3.8) is 0 Å². The molecule has 0 amide bonds. The van der Waals surface area contributed by atoms with E-state index in [0.29, 0.717) is 12.1 Å². The van der Waals surface area contributed by atoms with Crippen LogP contribution in [0.25, 0.3) is 11.3 Å². The van der Waals surface area contributed by atoms with Crippen molar-refractivity contribution in [1.82, 2.24) is 20.0 Å². The lowest BCUT2D eigenvalue weighted by atomic mass is 10.1. The lowest BCUT2D eigenvalue weighted by Gasteiger charge is -2.33. The summed E-state index contributed by atoms with van der Waals surface area (Å²) in [5.74, 6) is 0. The van der Waals surface area contributed by atoms with Gasteiger partial charge in [0.1, 0.15) is 0 Å². The summed E-state index contributed by atoms with van der Waals surface area (Å²) >= 11 is 6.12. The molecule has 1 N–H and O–H groups in total. The van der Waals surface area contributed by atoms with Crippen LogP contribution < -0.4 is 0 Å². The summed E-state index contributed by atoms with van der Waals surface area (Å²) in [5.41, 5.74) is 3.33. The highest BCUT2D eigenvalue weighted by atomic mass is 35.5. The Kier molecular flexibility index (Phi) is 4.11. The molecule has 23 heavy (non-hydrogen) atoms. The molecule has 0 bridgehead atoms. The van der Waals surface area contributed by atoms with E-state index < -0.39 is 0 Å². The minimum atomic E-state index is 0.329. The number of nitrogens with zero attached hydrogens (tertiary/aromatic N) is 3. The number of hydrogen-bond acceptors (Lipinski definition) is 4. The third-order valence-corrected chi connectivity index (χ3v) is 5.11. The third kappa shape index (κ3) is 3.02. The van der Waals surface area contributed by atoms with Crippen molar-refractivity contribution in [3.05, 3.63) is 41.0 Å². The Balaban J connectivity index is 1.51. The Morgan fingerprint density at radius 2 is 2.30 bits per heavy atom. The number of ether oxygens (including phenoxy) is 1. The fourth-order valence-corrected chi connectivity index (χ4v) is 3.82. The van der Waals surface area contributed by atoms with Crippen molar-refractivity contribution in [2.24, 2.45) is 0 Å². The second-order valence-electron chi connectivity index (χ2n) is 6.43. The summed E-state index contributed by atoms with van der Waals surface area (Å²) in [6.07, 6.45) is 2.25. The molecule has 0 spiro atoms. The first kappa shape index (κ1) is 15.1. The molecule has 0 unspecified atom stereocenters. The summed E-state index contributed by atoms with van der Waals surface area (Å²) < 4.78 is 5.93. The van der Waals surface area contributed by atoms with E-state index in [-0.39, 0.29) is 0 Å². The molecule has 1 aromatic carbocycles. The zero-order valence-electron chi connectivity index (χ0n) is 13.2. The van der Waals surface area contributed by atoms with Gasteiger partial charge in [0.15, 0.2) is 0 Å². The number of aromatic amines is 1. The van der Waals surface area contributed by atoms with Crippen molar-refractivity contribution in [2.75, 3.05) is 33.3 Å². The van der Waals surface area contributed by atoms with Gasteiger partial charge in [-0.05, 0) is 19.2 Å². The molecule has 2 saturated heterocycles. The highest BCUT2D eigenvalue weighted by Gasteiger charge is 2.38. The highest BCUT2D eigenvalue weighted by Crippen LogP contribution is 2.27. The van der Waals surface area contributed by atoms with Crippen LogP contribution >= 0.6 is 11.6 Å². The summed E-state index contributed by atoms with van der Waals surface area (Å²) in [7, 11) is 2.19. The van der Waals surface area contributed by atoms with Gasteiger partial charge < -0.3 is 4.74 Å². The second kappa shape index (κ2) is 6.24. The van der Waals surface area contributed by atoms with Crippen molar-refractivity contribution >= 4 is 11.6 Å². The summed E-state index contributed by atoms with van der Waals surface area (Å²) in [6, 6.07) is 8.39. The van der Waals surface area contributed by atoms with Crippen LogP contribution in [0.2, 0.25) is 5.02 Å². The van der Waals surface area contributed by atoms with E-state index in [9.17, 15) is 0 Å². The van der Waals surface area contributed by atoms with Gasteiger partial charge in [-0.25, -0.2) is 0 Å². The number of aromatic nitrogens is 2. The van der Waals surface area contributed by atoms with Crippen LogP contribution in [0.1, 0.15) is 5.56 Å². The number of hydrogen-bond donors (Lipinski definition) is 1. The normalized spacial score (nSPS) is 25.7.